The van der Waals surface area contributed by atoms with Gasteiger partial charge in [0, 0.05) is 45.2 Å². The predicted molar refractivity (Wildman–Crippen MR) is 201 cm³/mol. The molecule has 14 nitrogen and oxygen atoms in total. The summed E-state index contributed by atoms with van der Waals surface area (Å²) in [6, 6.07) is -0.795. The van der Waals surface area contributed by atoms with Crippen molar-refractivity contribution in [1.82, 2.24) is 19.1 Å². The first kappa shape index (κ1) is 39.7. The molecule has 3 heterocycles. The molecule has 0 bridgehead atoms. The number of nitrogens with two attached hydrogens (primary N) is 1. The lowest BCUT2D eigenvalue weighted by atomic mass is 9.71. The first-order valence-electron chi connectivity index (χ1n) is 17.5. The number of allylic oxidation sites excluding steroid dienone is 3. The number of anilines is 2. The molecule has 4 unspecified atom stereocenters. The molecule has 2 aliphatic carbocycles. The Bertz CT molecular complexity index is 1730. The molecule has 16 heteroatoms. The molecule has 0 radical (unpaired) electrons. The quantitative estimate of drug-likeness (QED) is 0.0859. The van der Waals surface area contributed by atoms with Gasteiger partial charge in [-0.25, -0.2) is 18.2 Å². The second kappa shape index (κ2) is 16.2. The van der Waals surface area contributed by atoms with Gasteiger partial charge in [-0.2, -0.15) is 4.31 Å². The maximum atomic E-state index is 14.5. The summed E-state index contributed by atoms with van der Waals surface area (Å²) in [5, 5.41) is 13.3. The molecule has 5 atom stereocenters. The van der Waals surface area contributed by atoms with Crippen molar-refractivity contribution in [3.8, 4) is 0 Å². The van der Waals surface area contributed by atoms with E-state index in [1.807, 2.05) is 29.2 Å². The van der Waals surface area contributed by atoms with E-state index in [1.165, 1.54) is 18.5 Å². The van der Waals surface area contributed by atoms with Crippen molar-refractivity contribution in [3.05, 3.63) is 60.1 Å². The van der Waals surface area contributed by atoms with Gasteiger partial charge in [0.15, 0.2) is 5.13 Å². The van der Waals surface area contributed by atoms with Crippen LogP contribution in [0, 0.1) is 11.3 Å². The number of urea groups is 1. The van der Waals surface area contributed by atoms with Crippen molar-refractivity contribution in [2.24, 2.45) is 11.3 Å². The molecule has 286 valence electrons. The third-order valence-electron chi connectivity index (χ3n) is 9.99. The van der Waals surface area contributed by atoms with Gasteiger partial charge in [0.1, 0.15) is 16.4 Å². The summed E-state index contributed by atoms with van der Waals surface area (Å²) < 4.78 is 46.3. The van der Waals surface area contributed by atoms with Crippen LogP contribution in [0.15, 0.2) is 54.4 Å². The van der Waals surface area contributed by atoms with Crippen molar-refractivity contribution in [2.45, 2.75) is 76.2 Å². The molecule has 1 aromatic rings. The van der Waals surface area contributed by atoms with Crippen LogP contribution >= 0.6 is 11.3 Å². The number of thiazole rings is 1. The number of nitrogens with one attached hydrogen (secondary N) is 1. The standard InChI is InChI=1S/C36H52N6O8S2/c1-24(48-5)12-14-28-31(37)51-32(38-28)39-33(44)42-23-36(17-19-40(22-36)34(45)49-6)27-20-26(13-15-29(27)42)52(46,47)41(21-25-10-8-7-9-11-25)18-16-30(43)50-35(2,3)4/h8,10-15,26-27,29,34,45H,1,7,9,16-23,37H2,2-6H3,(H,38,39,44)/b14-12-/t26?,27?,29?,34?,36-/m0/s1. The lowest BCUT2D eigenvalue weighted by Crippen LogP contribution is -2.47. The number of aliphatic hydroxyl groups excluding tert-OH is 1. The zero-order valence-electron chi connectivity index (χ0n) is 30.6. The first-order valence-corrected chi connectivity index (χ1v) is 19.8. The molecular weight excluding hydrogens is 709 g/mol. The fourth-order valence-electron chi connectivity index (χ4n) is 7.47. The molecule has 2 amide bonds. The summed E-state index contributed by atoms with van der Waals surface area (Å²) in [7, 11) is -1.04. The molecular formula is C36H52N6O8S2. The number of sulfonamides is 1. The maximum Gasteiger partial charge on any atom is 0.324 e. The normalized spacial score (nSPS) is 25.5. The number of ether oxygens (including phenoxy) is 3. The van der Waals surface area contributed by atoms with Crippen molar-refractivity contribution in [3.63, 3.8) is 0 Å². The van der Waals surface area contributed by atoms with E-state index in [-0.39, 0.29) is 37.9 Å². The number of hydrogen-bond donors (Lipinski definition) is 3. The number of amides is 2. The predicted octanol–water partition coefficient (Wildman–Crippen LogP) is 4.31. The number of likely N-dealkylation sites (tertiary alicyclic amines) is 2. The number of aromatic nitrogens is 1. The second-order valence-electron chi connectivity index (χ2n) is 14.7. The summed E-state index contributed by atoms with van der Waals surface area (Å²) in [6.45, 7) is 10.5. The Morgan fingerprint density at radius 3 is 2.71 bits per heavy atom. The van der Waals surface area contributed by atoms with E-state index < -0.39 is 44.7 Å². The lowest BCUT2D eigenvalue weighted by Gasteiger charge is -2.38. The minimum absolute atomic E-state index is 0.0257. The number of nitrogens with zero attached hydrogens (tertiary/aromatic N) is 4. The summed E-state index contributed by atoms with van der Waals surface area (Å²) in [5.74, 6) is -0.294. The van der Waals surface area contributed by atoms with Crippen LogP contribution in [-0.4, -0.2) is 115 Å². The topological polar surface area (TPSA) is 177 Å². The first-order chi connectivity index (χ1) is 24.5. The van der Waals surface area contributed by atoms with Gasteiger partial charge in [0.25, 0.3) is 0 Å². The molecule has 1 spiro atoms. The summed E-state index contributed by atoms with van der Waals surface area (Å²) in [6.07, 6.45) is 14.2. The van der Waals surface area contributed by atoms with E-state index in [9.17, 15) is 23.1 Å². The Morgan fingerprint density at radius 2 is 2.04 bits per heavy atom. The fourth-order valence-corrected chi connectivity index (χ4v) is 9.97. The van der Waals surface area contributed by atoms with Crippen LogP contribution in [-0.2, 0) is 29.0 Å². The van der Waals surface area contributed by atoms with Crippen molar-refractivity contribution < 1.29 is 37.3 Å². The SMILES string of the molecule is C=C(/C=C\c1nc(NC(=O)N2C[C@@]3(CCN(C(O)OC)C3)C3CC(S(=O)(=O)N(CCC(=O)OC(C)(C)C)CC4=CCCC=C4)C=CC32)sc1N)OC. The molecule has 0 aromatic carbocycles. The largest absolute Gasteiger partial charge is 0.497 e. The van der Waals surface area contributed by atoms with E-state index in [0.29, 0.717) is 47.6 Å². The number of fused-ring (bicyclic) bond motifs is 2. The Morgan fingerprint density at radius 1 is 1.27 bits per heavy atom. The summed E-state index contributed by atoms with van der Waals surface area (Å²) in [4.78, 5) is 34.7. The molecule has 0 saturated carbocycles. The minimum atomic E-state index is -3.97. The van der Waals surface area contributed by atoms with E-state index >= 15 is 0 Å². The van der Waals surface area contributed by atoms with Gasteiger partial charge >= 0.3 is 12.0 Å². The van der Waals surface area contributed by atoms with E-state index in [4.69, 9.17) is 19.9 Å². The molecule has 2 fully saturated rings. The highest BCUT2D eigenvalue weighted by Gasteiger charge is 2.58. The smallest absolute Gasteiger partial charge is 0.324 e. The number of carbonyl (C=O) groups excluding carboxylic acids is 2. The van der Waals surface area contributed by atoms with Gasteiger partial charge < -0.3 is 30.0 Å². The highest BCUT2D eigenvalue weighted by atomic mass is 32.2. The zero-order chi connectivity index (χ0) is 37.8. The number of methoxy groups -OCH3 is 2. The summed E-state index contributed by atoms with van der Waals surface area (Å²) in [5.41, 5.74) is 6.31. The monoisotopic (exact) mass is 760 g/mol. The highest BCUT2D eigenvalue weighted by molar-refractivity contribution is 7.89. The molecule has 2 aliphatic heterocycles. The van der Waals surface area contributed by atoms with Gasteiger partial charge in [-0.3, -0.25) is 15.0 Å². The molecule has 2 saturated heterocycles. The van der Waals surface area contributed by atoms with Gasteiger partial charge in [-0.1, -0.05) is 48.3 Å². The molecule has 52 heavy (non-hydrogen) atoms. The van der Waals surface area contributed by atoms with Crippen molar-refractivity contribution >= 4 is 49.6 Å². The number of aliphatic hydroxyl groups is 1. The number of rotatable bonds is 13. The number of nitrogen functional groups attached to an aromatic ring is 1. The third-order valence-corrected chi connectivity index (χ3v) is 13.0. The summed E-state index contributed by atoms with van der Waals surface area (Å²) >= 11 is 1.14. The average molecular weight is 761 g/mol. The average Bonchev–Trinajstić information content (AvgIpc) is 3.79. The van der Waals surface area contributed by atoms with Crippen LogP contribution in [0.3, 0.4) is 0 Å². The van der Waals surface area contributed by atoms with Gasteiger partial charge in [0.2, 0.25) is 16.4 Å². The van der Waals surface area contributed by atoms with Crippen LogP contribution in [0.2, 0.25) is 0 Å². The van der Waals surface area contributed by atoms with Crippen LogP contribution < -0.4 is 11.1 Å². The molecule has 1 aromatic heterocycles. The Labute approximate surface area is 310 Å². The maximum absolute atomic E-state index is 14.5. The second-order valence-corrected chi connectivity index (χ2v) is 17.9. The Hall–Kier alpha value is -3.54. The van der Waals surface area contributed by atoms with Crippen molar-refractivity contribution in [2.75, 3.05) is 58.0 Å². The number of carbonyl (C=O) groups is 2. The Kier molecular flexibility index (Phi) is 12.4. The molecule has 4 N–H and O–H groups in total. The number of hydrogen-bond acceptors (Lipinski definition) is 12. The lowest BCUT2D eigenvalue weighted by molar-refractivity contribution is -0.172. The van der Waals surface area contributed by atoms with Crippen LogP contribution in [0.4, 0.5) is 14.9 Å². The fraction of sp³-hybridized carbons (Fsp3) is 0.583. The van der Waals surface area contributed by atoms with E-state index in [0.717, 1.165) is 29.8 Å². The zero-order valence-corrected chi connectivity index (χ0v) is 32.2. The van der Waals surface area contributed by atoms with E-state index in [2.05, 4.69) is 16.9 Å². The third kappa shape index (κ3) is 9.15. The van der Waals surface area contributed by atoms with E-state index in [1.54, 1.807) is 43.9 Å². The van der Waals surface area contributed by atoms with Crippen LogP contribution in [0.25, 0.3) is 6.08 Å². The van der Waals surface area contributed by atoms with Crippen LogP contribution in [0.5, 0.6) is 0 Å². The van der Waals surface area contributed by atoms with Crippen molar-refractivity contribution in [1.29, 1.82) is 0 Å². The molecule has 4 aliphatic rings. The Balaban J connectivity index is 1.41. The van der Waals surface area contributed by atoms with Crippen LogP contribution in [0.1, 0.15) is 58.6 Å². The van der Waals surface area contributed by atoms with Gasteiger partial charge in [-0.15, -0.1) is 0 Å². The molecule has 5 rings (SSSR count). The van der Waals surface area contributed by atoms with Gasteiger partial charge in [-0.05, 0) is 70.1 Å². The van der Waals surface area contributed by atoms with Gasteiger partial charge in [0.05, 0.1) is 30.5 Å². The number of esters is 1. The minimum Gasteiger partial charge on any atom is -0.497 e. The highest BCUT2D eigenvalue weighted by Crippen LogP contribution is 2.52.